The summed E-state index contributed by atoms with van der Waals surface area (Å²) in [6.07, 6.45) is 2.73. The van der Waals surface area contributed by atoms with Crippen LogP contribution >= 0.6 is 0 Å². The molecule has 4 nitrogen and oxygen atoms in total. The van der Waals surface area contributed by atoms with Gasteiger partial charge >= 0.3 is 0 Å². The summed E-state index contributed by atoms with van der Waals surface area (Å²) in [5.74, 6) is 0.260. The Morgan fingerprint density at radius 2 is 1.73 bits per heavy atom. The molecule has 2 aromatic rings. The molecule has 0 saturated heterocycles. The molecule has 26 heavy (non-hydrogen) atoms. The van der Waals surface area contributed by atoms with Crippen molar-refractivity contribution >= 4 is 11.8 Å². The Kier molecular flexibility index (Phi) is 4.49. The van der Waals surface area contributed by atoms with Gasteiger partial charge in [0.1, 0.15) is 6.04 Å². The quantitative estimate of drug-likeness (QED) is 0.851. The van der Waals surface area contributed by atoms with Gasteiger partial charge < -0.3 is 9.80 Å². The fourth-order valence-electron chi connectivity index (χ4n) is 3.78. The lowest BCUT2D eigenvalue weighted by atomic mass is 9.91. The van der Waals surface area contributed by atoms with E-state index in [0.29, 0.717) is 13.1 Å². The van der Waals surface area contributed by atoms with Crippen molar-refractivity contribution in [3.05, 3.63) is 71.3 Å². The average Bonchev–Trinajstić information content (AvgIpc) is 3.52. The molecule has 0 unspecified atom stereocenters. The summed E-state index contributed by atoms with van der Waals surface area (Å²) in [6, 6.07) is 17.5. The molecule has 1 atom stereocenters. The molecule has 1 saturated carbocycles. The van der Waals surface area contributed by atoms with Crippen molar-refractivity contribution in [1.29, 1.82) is 0 Å². The summed E-state index contributed by atoms with van der Waals surface area (Å²) in [7, 11) is 1.83. The van der Waals surface area contributed by atoms with Crippen LogP contribution in [0.25, 0.3) is 0 Å². The van der Waals surface area contributed by atoms with E-state index >= 15 is 0 Å². The molecule has 0 radical (unpaired) electrons. The molecular weight excluding hydrogens is 324 g/mol. The molecule has 1 heterocycles. The monoisotopic (exact) mass is 348 g/mol. The molecule has 0 aromatic heterocycles. The standard InChI is InChI=1S/C22H24N2O2/c1-23(15-16-7-3-2-4-8-16)22(26)20-19-10-6-5-9-17(19)13-14-24(20)21(25)18-11-12-18/h2-10,18,20H,11-15H2,1H3/t20-/m0/s1. The van der Waals surface area contributed by atoms with Crippen molar-refractivity contribution in [1.82, 2.24) is 9.80 Å². The van der Waals surface area contributed by atoms with Crippen molar-refractivity contribution in [3.63, 3.8) is 0 Å². The molecule has 1 fully saturated rings. The number of benzene rings is 2. The van der Waals surface area contributed by atoms with Crippen molar-refractivity contribution < 1.29 is 9.59 Å². The van der Waals surface area contributed by atoms with Gasteiger partial charge in [0.15, 0.2) is 0 Å². The second kappa shape index (κ2) is 6.94. The number of likely N-dealkylation sites (N-methyl/N-ethyl adjacent to an activating group) is 1. The van der Waals surface area contributed by atoms with E-state index < -0.39 is 6.04 Å². The Balaban J connectivity index is 1.62. The predicted octanol–water partition coefficient (Wildman–Crippen LogP) is 3.18. The first-order valence-electron chi connectivity index (χ1n) is 9.32. The van der Waals surface area contributed by atoms with Gasteiger partial charge in [-0.25, -0.2) is 0 Å². The molecule has 4 rings (SSSR count). The summed E-state index contributed by atoms with van der Waals surface area (Å²) in [5, 5.41) is 0. The minimum atomic E-state index is -0.498. The molecule has 0 spiro atoms. The number of amides is 2. The maximum atomic E-state index is 13.4. The fourth-order valence-corrected chi connectivity index (χ4v) is 3.78. The van der Waals surface area contributed by atoms with Crippen LogP contribution in [0.4, 0.5) is 0 Å². The summed E-state index contributed by atoms with van der Waals surface area (Å²) < 4.78 is 0. The highest BCUT2D eigenvalue weighted by Crippen LogP contribution is 2.37. The number of hydrogen-bond acceptors (Lipinski definition) is 2. The zero-order chi connectivity index (χ0) is 18.1. The number of rotatable bonds is 4. The van der Waals surface area contributed by atoms with E-state index in [2.05, 4.69) is 6.07 Å². The third kappa shape index (κ3) is 3.24. The minimum Gasteiger partial charge on any atom is -0.339 e. The Morgan fingerprint density at radius 3 is 2.46 bits per heavy atom. The van der Waals surface area contributed by atoms with Crippen molar-refractivity contribution in [2.75, 3.05) is 13.6 Å². The van der Waals surface area contributed by atoms with Gasteiger partial charge in [-0.2, -0.15) is 0 Å². The maximum absolute atomic E-state index is 13.4. The first-order chi connectivity index (χ1) is 12.6. The van der Waals surface area contributed by atoms with Gasteiger partial charge in [-0.1, -0.05) is 54.6 Å². The lowest BCUT2D eigenvalue weighted by Gasteiger charge is -2.38. The molecule has 134 valence electrons. The SMILES string of the molecule is CN(Cc1ccccc1)C(=O)[C@@H]1c2ccccc2CCN1C(=O)C1CC1. The fraction of sp³-hybridized carbons (Fsp3) is 0.364. The van der Waals surface area contributed by atoms with Gasteiger partial charge in [0.25, 0.3) is 0 Å². The second-order valence-corrected chi connectivity index (χ2v) is 7.34. The number of carbonyl (C=O) groups is 2. The van der Waals surface area contributed by atoms with E-state index in [4.69, 9.17) is 0 Å². The molecule has 2 amide bonds. The van der Waals surface area contributed by atoms with Crippen LogP contribution in [-0.4, -0.2) is 35.2 Å². The Morgan fingerprint density at radius 1 is 1.04 bits per heavy atom. The van der Waals surface area contributed by atoms with Gasteiger partial charge in [-0.15, -0.1) is 0 Å². The average molecular weight is 348 g/mol. The highest BCUT2D eigenvalue weighted by Gasteiger charge is 2.42. The molecule has 2 aliphatic rings. The van der Waals surface area contributed by atoms with Crippen LogP contribution in [0.2, 0.25) is 0 Å². The van der Waals surface area contributed by atoms with E-state index in [1.807, 2.05) is 60.5 Å². The van der Waals surface area contributed by atoms with Crippen LogP contribution in [0.1, 0.15) is 35.6 Å². The molecule has 1 aliphatic carbocycles. The van der Waals surface area contributed by atoms with E-state index in [9.17, 15) is 9.59 Å². The normalized spacial score (nSPS) is 19.0. The third-order valence-electron chi connectivity index (χ3n) is 5.37. The third-order valence-corrected chi connectivity index (χ3v) is 5.37. The van der Waals surface area contributed by atoms with Gasteiger partial charge in [-0.3, -0.25) is 9.59 Å². The maximum Gasteiger partial charge on any atom is 0.250 e. The summed E-state index contributed by atoms with van der Waals surface area (Å²) in [4.78, 5) is 29.7. The molecule has 4 heteroatoms. The number of hydrogen-bond donors (Lipinski definition) is 0. The zero-order valence-electron chi connectivity index (χ0n) is 15.1. The van der Waals surface area contributed by atoms with Crippen LogP contribution in [0.3, 0.4) is 0 Å². The van der Waals surface area contributed by atoms with Crippen LogP contribution in [0.15, 0.2) is 54.6 Å². The van der Waals surface area contributed by atoms with E-state index in [-0.39, 0.29) is 17.7 Å². The van der Waals surface area contributed by atoms with Crippen LogP contribution in [0, 0.1) is 5.92 Å². The smallest absolute Gasteiger partial charge is 0.250 e. The summed E-state index contributed by atoms with van der Waals surface area (Å²) >= 11 is 0. The van der Waals surface area contributed by atoms with Crippen molar-refractivity contribution in [2.45, 2.75) is 31.8 Å². The lowest BCUT2D eigenvalue weighted by molar-refractivity contribution is -0.147. The van der Waals surface area contributed by atoms with Gasteiger partial charge in [-0.05, 0) is 36.0 Å². The number of fused-ring (bicyclic) bond motifs is 1. The topological polar surface area (TPSA) is 40.6 Å². The van der Waals surface area contributed by atoms with Crippen LogP contribution < -0.4 is 0 Å². The van der Waals surface area contributed by atoms with Gasteiger partial charge in [0.05, 0.1) is 0 Å². The number of nitrogens with zero attached hydrogens (tertiary/aromatic N) is 2. The van der Waals surface area contributed by atoms with Gasteiger partial charge in [0.2, 0.25) is 11.8 Å². The molecule has 2 aromatic carbocycles. The summed E-state index contributed by atoms with van der Waals surface area (Å²) in [6.45, 7) is 1.17. The van der Waals surface area contributed by atoms with E-state index in [0.717, 1.165) is 30.4 Å². The predicted molar refractivity (Wildman–Crippen MR) is 100 cm³/mol. The van der Waals surface area contributed by atoms with Gasteiger partial charge in [0, 0.05) is 26.1 Å². The number of carbonyl (C=O) groups excluding carboxylic acids is 2. The van der Waals surface area contributed by atoms with E-state index in [1.165, 1.54) is 5.56 Å². The lowest BCUT2D eigenvalue weighted by Crippen LogP contribution is -2.48. The second-order valence-electron chi connectivity index (χ2n) is 7.34. The summed E-state index contributed by atoms with van der Waals surface area (Å²) in [5.41, 5.74) is 3.25. The molecule has 1 aliphatic heterocycles. The highest BCUT2D eigenvalue weighted by atomic mass is 16.2. The first-order valence-corrected chi connectivity index (χ1v) is 9.32. The zero-order valence-corrected chi connectivity index (χ0v) is 15.1. The van der Waals surface area contributed by atoms with Crippen LogP contribution in [-0.2, 0) is 22.6 Å². The molecule has 0 N–H and O–H groups in total. The van der Waals surface area contributed by atoms with Crippen molar-refractivity contribution in [2.24, 2.45) is 5.92 Å². The Labute approximate surface area is 154 Å². The molecule has 0 bridgehead atoms. The Hall–Kier alpha value is -2.62. The highest BCUT2D eigenvalue weighted by molar-refractivity contribution is 5.91. The first kappa shape index (κ1) is 16.8. The minimum absolute atomic E-state index is 0.00463. The van der Waals surface area contributed by atoms with Crippen molar-refractivity contribution in [3.8, 4) is 0 Å². The van der Waals surface area contributed by atoms with Crippen LogP contribution in [0.5, 0.6) is 0 Å². The Bertz CT molecular complexity index is 814. The molecular formula is C22H24N2O2. The largest absolute Gasteiger partial charge is 0.339 e. The van der Waals surface area contributed by atoms with E-state index in [1.54, 1.807) is 4.90 Å².